The van der Waals surface area contributed by atoms with Crippen molar-refractivity contribution in [2.24, 2.45) is 0 Å². The van der Waals surface area contributed by atoms with Crippen molar-refractivity contribution in [2.75, 3.05) is 17.2 Å². The molecule has 0 unspecified atom stereocenters. The summed E-state index contributed by atoms with van der Waals surface area (Å²) in [4.78, 5) is 8.88. The first kappa shape index (κ1) is 13.4. The Labute approximate surface area is 113 Å². The van der Waals surface area contributed by atoms with Crippen LogP contribution in [0.2, 0.25) is 0 Å². The van der Waals surface area contributed by atoms with Crippen molar-refractivity contribution in [2.45, 2.75) is 33.7 Å². The Morgan fingerprint density at radius 3 is 2.53 bits per heavy atom. The van der Waals surface area contributed by atoms with Crippen molar-refractivity contribution < 1.29 is 4.42 Å². The smallest absolute Gasteiger partial charge is 0.135 e. The van der Waals surface area contributed by atoms with E-state index < -0.39 is 0 Å². The molecule has 0 amide bonds. The van der Waals surface area contributed by atoms with E-state index in [1.165, 1.54) is 0 Å². The van der Waals surface area contributed by atoms with Gasteiger partial charge in [0.15, 0.2) is 0 Å². The fourth-order valence-corrected chi connectivity index (χ4v) is 1.80. The minimum Gasteiger partial charge on any atom is -0.472 e. The quantitative estimate of drug-likeness (QED) is 0.835. The van der Waals surface area contributed by atoms with Crippen LogP contribution in [-0.4, -0.2) is 16.5 Å². The fourth-order valence-electron chi connectivity index (χ4n) is 1.80. The molecule has 0 aliphatic carbocycles. The molecule has 0 aliphatic heterocycles. The number of furan rings is 1. The van der Waals surface area contributed by atoms with Crippen LogP contribution in [0, 0.1) is 13.8 Å². The van der Waals surface area contributed by atoms with Gasteiger partial charge in [-0.3, -0.25) is 0 Å². The highest BCUT2D eigenvalue weighted by Crippen LogP contribution is 2.20. The van der Waals surface area contributed by atoms with E-state index in [1.807, 2.05) is 19.9 Å². The third-order valence-corrected chi connectivity index (χ3v) is 2.84. The lowest BCUT2D eigenvalue weighted by Crippen LogP contribution is -2.10. The number of hydrogen-bond donors (Lipinski definition) is 2. The SMILES string of the molecule is CCCNc1nc(C)nc(NCc2ccoc2)c1C. The molecule has 0 spiro atoms. The standard InChI is InChI=1S/C14H20N4O/c1-4-6-15-13-10(2)14(18-11(3)17-13)16-8-12-5-7-19-9-12/h5,7,9H,4,6,8H2,1-3H3,(H2,15,16,17,18). The summed E-state index contributed by atoms with van der Waals surface area (Å²) in [6.07, 6.45) is 4.47. The molecule has 0 saturated carbocycles. The summed E-state index contributed by atoms with van der Waals surface area (Å²) in [5.74, 6) is 2.54. The summed E-state index contributed by atoms with van der Waals surface area (Å²) in [6, 6.07) is 1.94. The highest BCUT2D eigenvalue weighted by Gasteiger charge is 2.08. The van der Waals surface area contributed by atoms with Crippen LogP contribution in [-0.2, 0) is 6.54 Å². The topological polar surface area (TPSA) is 63.0 Å². The first-order chi connectivity index (χ1) is 9.20. The summed E-state index contributed by atoms with van der Waals surface area (Å²) in [5, 5.41) is 6.65. The molecule has 0 fully saturated rings. The zero-order valence-corrected chi connectivity index (χ0v) is 11.7. The Balaban J connectivity index is 2.12. The molecule has 2 aromatic rings. The van der Waals surface area contributed by atoms with E-state index in [0.29, 0.717) is 6.54 Å². The maximum atomic E-state index is 5.05. The zero-order valence-electron chi connectivity index (χ0n) is 11.7. The molecule has 102 valence electrons. The Kier molecular flexibility index (Phi) is 4.39. The minimum atomic E-state index is 0.695. The number of nitrogens with zero attached hydrogens (tertiary/aromatic N) is 2. The second-order valence-corrected chi connectivity index (χ2v) is 4.50. The number of nitrogens with one attached hydrogen (secondary N) is 2. The van der Waals surface area contributed by atoms with Gasteiger partial charge in [0.1, 0.15) is 17.5 Å². The summed E-state index contributed by atoms with van der Waals surface area (Å²) < 4.78 is 5.05. The van der Waals surface area contributed by atoms with Gasteiger partial charge in [0.05, 0.1) is 12.5 Å². The Morgan fingerprint density at radius 2 is 1.89 bits per heavy atom. The second kappa shape index (κ2) is 6.22. The lowest BCUT2D eigenvalue weighted by molar-refractivity contribution is 0.564. The van der Waals surface area contributed by atoms with Gasteiger partial charge < -0.3 is 15.1 Å². The van der Waals surface area contributed by atoms with Gasteiger partial charge in [-0.1, -0.05) is 6.92 Å². The van der Waals surface area contributed by atoms with Crippen molar-refractivity contribution in [3.05, 3.63) is 35.5 Å². The van der Waals surface area contributed by atoms with Crippen molar-refractivity contribution in [3.8, 4) is 0 Å². The normalized spacial score (nSPS) is 10.5. The molecule has 0 saturated heterocycles. The maximum absolute atomic E-state index is 5.05. The molecule has 2 aromatic heterocycles. The first-order valence-corrected chi connectivity index (χ1v) is 6.54. The average Bonchev–Trinajstić information content (AvgIpc) is 2.91. The van der Waals surface area contributed by atoms with Gasteiger partial charge in [-0.15, -0.1) is 0 Å². The third kappa shape index (κ3) is 3.47. The van der Waals surface area contributed by atoms with Gasteiger partial charge in [-0.2, -0.15) is 0 Å². The van der Waals surface area contributed by atoms with E-state index in [1.54, 1.807) is 12.5 Å². The Hall–Kier alpha value is -2.04. The maximum Gasteiger partial charge on any atom is 0.135 e. The van der Waals surface area contributed by atoms with Crippen LogP contribution in [0.1, 0.15) is 30.3 Å². The highest BCUT2D eigenvalue weighted by atomic mass is 16.3. The molecule has 0 radical (unpaired) electrons. The van der Waals surface area contributed by atoms with Crippen LogP contribution >= 0.6 is 0 Å². The summed E-state index contributed by atoms with van der Waals surface area (Å²) in [7, 11) is 0. The van der Waals surface area contributed by atoms with E-state index in [9.17, 15) is 0 Å². The molecule has 0 atom stereocenters. The van der Waals surface area contributed by atoms with Gasteiger partial charge in [-0.05, 0) is 26.3 Å². The summed E-state index contributed by atoms with van der Waals surface area (Å²) >= 11 is 0. The second-order valence-electron chi connectivity index (χ2n) is 4.50. The van der Waals surface area contributed by atoms with Gasteiger partial charge >= 0.3 is 0 Å². The molecule has 0 bridgehead atoms. The summed E-state index contributed by atoms with van der Waals surface area (Å²) in [6.45, 7) is 7.67. The number of anilines is 2. The van der Waals surface area contributed by atoms with Crippen LogP contribution in [0.5, 0.6) is 0 Å². The number of aromatic nitrogens is 2. The fraction of sp³-hybridized carbons (Fsp3) is 0.429. The van der Waals surface area contributed by atoms with Crippen molar-refractivity contribution >= 4 is 11.6 Å². The number of hydrogen-bond acceptors (Lipinski definition) is 5. The van der Waals surface area contributed by atoms with Crippen LogP contribution in [0.3, 0.4) is 0 Å². The van der Waals surface area contributed by atoms with Gasteiger partial charge in [0.2, 0.25) is 0 Å². The number of aryl methyl sites for hydroxylation is 1. The van der Waals surface area contributed by atoms with Crippen LogP contribution in [0.25, 0.3) is 0 Å². The highest BCUT2D eigenvalue weighted by molar-refractivity contribution is 5.57. The molecule has 19 heavy (non-hydrogen) atoms. The predicted molar refractivity (Wildman–Crippen MR) is 76.3 cm³/mol. The summed E-state index contributed by atoms with van der Waals surface area (Å²) in [5.41, 5.74) is 2.14. The lowest BCUT2D eigenvalue weighted by atomic mass is 10.2. The predicted octanol–water partition coefficient (Wildman–Crippen LogP) is 3.12. The molecule has 5 heteroatoms. The van der Waals surface area contributed by atoms with Crippen molar-refractivity contribution in [3.63, 3.8) is 0 Å². The van der Waals surface area contributed by atoms with Crippen LogP contribution < -0.4 is 10.6 Å². The molecular weight excluding hydrogens is 240 g/mol. The third-order valence-electron chi connectivity index (χ3n) is 2.84. The number of rotatable bonds is 6. The molecular formula is C14H20N4O. The molecule has 0 aromatic carbocycles. The molecule has 2 heterocycles. The van der Waals surface area contributed by atoms with Crippen molar-refractivity contribution in [1.82, 2.24) is 9.97 Å². The van der Waals surface area contributed by atoms with Gasteiger partial charge in [-0.25, -0.2) is 9.97 Å². The average molecular weight is 260 g/mol. The van der Waals surface area contributed by atoms with E-state index in [0.717, 1.165) is 41.6 Å². The Bertz CT molecular complexity index is 522. The monoisotopic (exact) mass is 260 g/mol. The first-order valence-electron chi connectivity index (χ1n) is 6.54. The van der Waals surface area contributed by atoms with Crippen molar-refractivity contribution in [1.29, 1.82) is 0 Å². The molecule has 2 rings (SSSR count). The largest absolute Gasteiger partial charge is 0.472 e. The van der Waals surface area contributed by atoms with E-state index in [-0.39, 0.29) is 0 Å². The minimum absolute atomic E-state index is 0.695. The van der Waals surface area contributed by atoms with Crippen LogP contribution in [0.4, 0.5) is 11.6 Å². The van der Waals surface area contributed by atoms with Crippen LogP contribution in [0.15, 0.2) is 23.0 Å². The molecule has 2 N–H and O–H groups in total. The van der Waals surface area contributed by atoms with E-state index in [4.69, 9.17) is 4.42 Å². The van der Waals surface area contributed by atoms with E-state index >= 15 is 0 Å². The Morgan fingerprint density at radius 1 is 1.16 bits per heavy atom. The molecule has 5 nitrogen and oxygen atoms in total. The van der Waals surface area contributed by atoms with E-state index in [2.05, 4.69) is 27.5 Å². The zero-order chi connectivity index (χ0) is 13.7. The van der Waals surface area contributed by atoms with Gasteiger partial charge in [0, 0.05) is 24.2 Å². The lowest BCUT2D eigenvalue weighted by Gasteiger charge is -2.13. The van der Waals surface area contributed by atoms with Gasteiger partial charge in [0.25, 0.3) is 0 Å². The molecule has 0 aliphatic rings.